The highest BCUT2D eigenvalue weighted by atomic mass is 16.2. The molecule has 0 bridgehead atoms. The summed E-state index contributed by atoms with van der Waals surface area (Å²) in [5.74, 6) is 1.42. The average Bonchev–Trinajstić information content (AvgIpc) is 1.87. The lowest BCUT2D eigenvalue weighted by atomic mass is 10.5. The molecule has 0 saturated heterocycles. The minimum atomic E-state index is -0.462. The normalized spacial score (nSPS) is 7.00. The van der Waals surface area contributed by atoms with Gasteiger partial charge in [0.2, 0.25) is 0 Å². The van der Waals surface area contributed by atoms with Gasteiger partial charge in [0.1, 0.15) is 6.54 Å². The molecule has 3 heteroatoms. The van der Waals surface area contributed by atoms with Gasteiger partial charge in [-0.3, -0.25) is 4.79 Å². The summed E-state index contributed by atoms with van der Waals surface area (Å²) in [5, 5.41) is 8.07. The summed E-state index contributed by atoms with van der Waals surface area (Å²) in [7, 11) is 1.48. The van der Waals surface area contributed by atoms with Crippen molar-refractivity contribution in [2.45, 2.75) is 0 Å². The second-order valence-electron chi connectivity index (χ2n) is 1.46. The number of hydrogen-bond acceptors (Lipinski definition) is 2. The first-order chi connectivity index (χ1) is 4.22. The molecular formula is C6H6N2O. The topological polar surface area (TPSA) is 44.1 Å². The van der Waals surface area contributed by atoms with Gasteiger partial charge in [0.25, 0.3) is 5.91 Å². The summed E-state index contributed by atoms with van der Waals surface area (Å²) < 4.78 is 0. The Balaban J connectivity index is 3.80. The molecule has 0 aliphatic carbocycles. The molecule has 0 saturated carbocycles. The summed E-state index contributed by atoms with van der Waals surface area (Å²) in [6.07, 6.45) is 4.75. The van der Waals surface area contributed by atoms with Crippen LogP contribution in [-0.4, -0.2) is 24.4 Å². The average molecular weight is 122 g/mol. The molecule has 0 heterocycles. The molecule has 0 N–H and O–H groups in total. The first kappa shape index (κ1) is 7.52. The molecule has 0 fully saturated rings. The Bertz CT molecular complexity index is 184. The Morgan fingerprint density at radius 2 is 2.44 bits per heavy atom. The predicted octanol–water partition coefficient (Wildman–Crippen LogP) is -0.398. The number of rotatable bonds is 1. The molecule has 0 unspecified atom stereocenters. The number of carbonyl (C=O) groups excluding carboxylic acids is 1. The zero-order valence-corrected chi connectivity index (χ0v) is 5.09. The Morgan fingerprint density at radius 1 is 1.89 bits per heavy atom. The number of terminal acetylenes is 1. The number of amides is 1. The Labute approximate surface area is 53.9 Å². The van der Waals surface area contributed by atoms with Crippen LogP contribution in [0, 0.1) is 23.7 Å². The summed E-state index contributed by atoms with van der Waals surface area (Å²) in [4.78, 5) is 11.6. The summed E-state index contributed by atoms with van der Waals surface area (Å²) in [5.41, 5.74) is 0. The van der Waals surface area contributed by atoms with Gasteiger partial charge in [0.15, 0.2) is 0 Å². The number of hydrogen-bond donors (Lipinski definition) is 0. The van der Waals surface area contributed by atoms with Crippen LogP contribution in [0.1, 0.15) is 0 Å². The molecule has 1 amide bonds. The van der Waals surface area contributed by atoms with Crippen LogP contribution in [0.3, 0.4) is 0 Å². The maximum Gasteiger partial charge on any atom is 0.298 e. The minimum Gasteiger partial charge on any atom is -0.322 e. The van der Waals surface area contributed by atoms with Crippen molar-refractivity contribution in [2.75, 3.05) is 13.6 Å². The van der Waals surface area contributed by atoms with E-state index in [4.69, 9.17) is 11.7 Å². The molecule has 0 aliphatic heterocycles. The van der Waals surface area contributed by atoms with E-state index in [0.29, 0.717) is 0 Å². The van der Waals surface area contributed by atoms with Gasteiger partial charge in [0.05, 0.1) is 6.07 Å². The minimum absolute atomic E-state index is 0.0447. The van der Waals surface area contributed by atoms with Crippen molar-refractivity contribution in [1.82, 2.24) is 4.90 Å². The maximum atomic E-state index is 10.4. The van der Waals surface area contributed by atoms with Crippen molar-refractivity contribution in [2.24, 2.45) is 0 Å². The van der Waals surface area contributed by atoms with E-state index in [0.717, 1.165) is 0 Å². The number of nitriles is 1. The van der Waals surface area contributed by atoms with Gasteiger partial charge >= 0.3 is 0 Å². The molecule has 0 spiro atoms. The van der Waals surface area contributed by atoms with Crippen LogP contribution in [0.4, 0.5) is 0 Å². The Hall–Kier alpha value is -1.48. The van der Waals surface area contributed by atoms with E-state index in [2.05, 4.69) is 0 Å². The van der Waals surface area contributed by atoms with E-state index < -0.39 is 5.91 Å². The van der Waals surface area contributed by atoms with E-state index in [1.54, 1.807) is 6.07 Å². The maximum absolute atomic E-state index is 10.4. The quantitative estimate of drug-likeness (QED) is 0.351. The largest absolute Gasteiger partial charge is 0.322 e. The van der Waals surface area contributed by atoms with Gasteiger partial charge < -0.3 is 4.90 Å². The lowest BCUT2D eigenvalue weighted by molar-refractivity contribution is -0.123. The molecule has 0 aromatic carbocycles. The summed E-state index contributed by atoms with van der Waals surface area (Å²) >= 11 is 0. The molecule has 0 atom stereocenters. The van der Waals surface area contributed by atoms with Crippen LogP contribution in [0.5, 0.6) is 0 Å². The first-order valence-corrected chi connectivity index (χ1v) is 2.31. The van der Waals surface area contributed by atoms with Gasteiger partial charge in [0, 0.05) is 7.05 Å². The van der Waals surface area contributed by atoms with E-state index in [-0.39, 0.29) is 6.54 Å². The second kappa shape index (κ2) is 3.51. The van der Waals surface area contributed by atoms with Gasteiger partial charge in [-0.25, -0.2) is 0 Å². The Morgan fingerprint density at radius 3 is 2.78 bits per heavy atom. The molecule has 0 aromatic rings. The Kier molecular flexibility index (Phi) is 2.94. The van der Waals surface area contributed by atoms with Gasteiger partial charge in [-0.2, -0.15) is 5.26 Å². The van der Waals surface area contributed by atoms with E-state index in [9.17, 15) is 4.79 Å². The van der Waals surface area contributed by atoms with Crippen molar-refractivity contribution in [1.29, 1.82) is 5.26 Å². The van der Waals surface area contributed by atoms with Crippen molar-refractivity contribution in [3.05, 3.63) is 0 Å². The van der Waals surface area contributed by atoms with E-state index in [1.165, 1.54) is 11.9 Å². The zero-order chi connectivity index (χ0) is 7.28. The first-order valence-electron chi connectivity index (χ1n) is 2.31. The van der Waals surface area contributed by atoms with Crippen molar-refractivity contribution in [3.8, 4) is 18.4 Å². The number of carbonyl (C=O) groups is 1. The van der Waals surface area contributed by atoms with Gasteiger partial charge in [-0.05, 0) is 5.92 Å². The lowest BCUT2D eigenvalue weighted by Crippen LogP contribution is -2.24. The molecule has 0 aromatic heterocycles. The molecule has 46 valence electrons. The van der Waals surface area contributed by atoms with Crippen molar-refractivity contribution in [3.63, 3.8) is 0 Å². The smallest absolute Gasteiger partial charge is 0.298 e. The fourth-order valence-electron chi connectivity index (χ4n) is 0.288. The zero-order valence-electron chi connectivity index (χ0n) is 5.09. The van der Waals surface area contributed by atoms with Gasteiger partial charge in [-0.1, -0.05) is 0 Å². The third-order valence-electron chi connectivity index (χ3n) is 0.778. The van der Waals surface area contributed by atoms with Crippen LogP contribution < -0.4 is 0 Å². The monoisotopic (exact) mass is 122 g/mol. The van der Waals surface area contributed by atoms with Crippen LogP contribution in [0.15, 0.2) is 0 Å². The molecule has 0 rings (SSSR count). The highest BCUT2D eigenvalue weighted by Gasteiger charge is 2.00. The van der Waals surface area contributed by atoms with E-state index in [1.807, 2.05) is 5.92 Å². The highest BCUT2D eigenvalue weighted by molar-refractivity contribution is 5.92. The highest BCUT2D eigenvalue weighted by Crippen LogP contribution is 1.78. The van der Waals surface area contributed by atoms with Crippen LogP contribution in [0.2, 0.25) is 0 Å². The fraction of sp³-hybridized carbons (Fsp3) is 0.333. The second-order valence-corrected chi connectivity index (χ2v) is 1.46. The lowest BCUT2D eigenvalue weighted by Gasteiger charge is -2.06. The summed E-state index contributed by atoms with van der Waals surface area (Å²) in [6, 6.07) is 1.79. The van der Waals surface area contributed by atoms with Crippen molar-refractivity contribution >= 4 is 5.91 Å². The SMILES string of the molecule is C#CC(=O)N(C)CC#N. The van der Waals surface area contributed by atoms with Crippen molar-refractivity contribution < 1.29 is 4.79 Å². The third-order valence-corrected chi connectivity index (χ3v) is 0.778. The fourth-order valence-corrected chi connectivity index (χ4v) is 0.288. The van der Waals surface area contributed by atoms with Crippen LogP contribution >= 0.6 is 0 Å². The molecule has 9 heavy (non-hydrogen) atoms. The molecule has 0 radical (unpaired) electrons. The van der Waals surface area contributed by atoms with Crippen LogP contribution in [0.25, 0.3) is 0 Å². The van der Waals surface area contributed by atoms with Crippen LogP contribution in [-0.2, 0) is 4.79 Å². The third kappa shape index (κ3) is 2.36. The van der Waals surface area contributed by atoms with E-state index >= 15 is 0 Å². The van der Waals surface area contributed by atoms with Gasteiger partial charge in [-0.15, -0.1) is 6.42 Å². The number of nitrogens with zero attached hydrogens (tertiary/aromatic N) is 2. The molecular weight excluding hydrogens is 116 g/mol. The molecule has 3 nitrogen and oxygen atoms in total. The summed E-state index contributed by atoms with van der Waals surface area (Å²) in [6.45, 7) is 0.0447. The predicted molar refractivity (Wildman–Crippen MR) is 32.1 cm³/mol. The standard InChI is InChI=1S/C6H6N2O/c1-3-6(9)8(2)5-4-7/h1H,5H2,2H3. The molecule has 0 aliphatic rings.